The third-order valence-corrected chi connectivity index (χ3v) is 12.0. The van der Waals surface area contributed by atoms with E-state index in [-0.39, 0.29) is 31.6 Å². The first-order valence-electron chi connectivity index (χ1n) is 22.3. The van der Waals surface area contributed by atoms with Crippen LogP contribution in [0.4, 0.5) is 0 Å². The van der Waals surface area contributed by atoms with Crippen LogP contribution in [0.25, 0.3) is 0 Å². The number of aliphatic hydroxyl groups is 10. The molecule has 0 aromatic heterocycles. The predicted molar refractivity (Wildman–Crippen MR) is 237 cm³/mol. The number of fused-ring (bicyclic) bond motifs is 2. The minimum absolute atomic E-state index is 0.107. The van der Waals surface area contributed by atoms with Gasteiger partial charge in [0.25, 0.3) is 0 Å². The molecule has 0 unspecified atom stereocenters. The molecule has 3 heterocycles. The minimum atomic E-state index is -2.33. The Labute approximate surface area is 381 Å². The van der Waals surface area contributed by atoms with Crippen LogP contribution >= 0.6 is 0 Å². The van der Waals surface area contributed by atoms with E-state index >= 15 is 0 Å². The summed E-state index contributed by atoms with van der Waals surface area (Å²) in [6.45, 7) is 6.74. The molecule has 0 spiro atoms. The SMILES string of the molecule is C[C@@H]1[C@H](O)[C@H](C)/C=C/C=C\C=C\C=C\C=C\C=C\C=C\[C@H](O[C@@H]2O[C@H](C)[C@H](O)[C@H](N)[C@@H]2O)C[C@H]2O[C@@](O)(C[C@H](O)C[C@H](O)[C@H](O)CC[C@H](O)C[C@H](O)CC(=O)O[C@@H]1C)C[C@H](O)[C@H]2C(=O)O. The number of carbonyl (C=O) groups excluding carboxylic acids is 1. The van der Waals surface area contributed by atoms with E-state index in [1.165, 1.54) is 13.0 Å². The summed E-state index contributed by atoms with van der Waals surface area (Å²) in [5, 5.41) is 118. The number of carboxylic acids is 1. The molecule has 19 atom stereocenters. The lowest BCUT2D eigenvalue weighted by Crippen LogP contribution is -2.61. The largest absolute Gasteiger partial charge is 0.481 e. The van der Waals surface area contributed by atoms with Crippen LogP contribution in [-0.4, -0.2) is 166 Å². The molecular formula is C47H73NO17. The van der Waals surface area contributed by atoms with Gasteiger partial charge in [-0.2, -0.15) is 0 Å². The van der Waals surface area contributed by atoms with Crippen molar-refractivity contribution in [3.63, 3.8) is 0 Å². The number of esters is 1. The second-order valence-corrected chi connectivity index (χ2v) is 17.6. The Hall–Kier alpha value is -3.44. The fraction of sp³-hybridized carbons (Fsp3) is 0.660. The second-order valence-electron chi connectivity index (χ2n) is 17.6. The average molecular weight is 924 g/mol. The molecule has 2 saturated heterocycles. The number of ether oxygens (including phenoxy) is 4. The highest BCUT2D eigenvalue weighted by molar-refractivity contribution is 5.71. The number of nitrogens with two attached hydrogens (primary N) is 1. The molecule has 0 saturated carbocycles. The van der Waals surface area contributed by atoms with E-state index in [4.69, 9.17) is 24.7 Å². The average Bonchev–Trinajstić information content (AvgIpc) is 3.21. The van der Waals surface area contributed by atoms with E-state index in [0.717, 1.165) is 0 Å². The first-order chi connectivity index (χ1) is 30.6. The van der Waals surface area contributed by atoms with E-state index in [9.17, 15) is 65.8 Å². The van der Waals surface area contributed by atoms with Gasteiger partial charge in [-0.15, -0.1) is 0 Å². The fourth-order valence-corrected chi connectivity index (χ4v) is 7.97. The lowest BCUT2D eigenvalue weighted by molar-refractivity contribution is -0.308. The summed E-state index contributed by atoms with van der Waals surface area (Å²) in [5.74, 6) is -6.83. The van der Waals surface area contributed by atoms with Gasteiger partial charge in [0.15, 0.2) is 12.1 Å². The molecule has 368 valence electrons. The molecule has 3 rings (SSSR count). The standard InChI is InChI=1S/C47H73NO17/c1-27-17-15-13-11-9-7-5-6-8-10-12-14-16-18-34(64-46-44(58)41(48)43(57)30(4)63-46)24-38-40(45(59)60)37(54)26-47(61,65-38)25-33(51)22-36(53)35(52)20-19-31(49)21-32(50)23-39(55)62-29(3)28(2)42(27)56/h5-18,27-38,40-44,46,49-54,56-58,61H,19-26,48H2,1-4H3,(H,59,60)/b6-5+,9-7+,10-8+,13-11-,14-12+,17-15+,18-16+/t27-,28+,29-,30-,31+,32+,33-,34+,35-,36+,37+,38-,40-,41+,42-,43+,44+,46+,47+/m1/s1. The van der Waals surface area contributed by atoms with Crippen molar-refractivity contribution >= 4 is 11.9 Å². The Bertz CT molecular complexity index is 1670. The van der Waals surface area contributed by atoms with E-state index < -0.39 is 147 Å². The van der Waals surface area contributed by atoms with Crippen molar-refractivity contribution in [1.82, 2.24) is 0 Å². The van der Waals surface area contributed by atoms with Crippen molar-refractivity contribution in [2.24, 2.45) is 23.5 Å². The van der Waals surface area contributed by atoms with Gasteiger partial charge in [-0.3, -0.25) is 9.59 Å². The fourth-order valence-electron chi connectivity index (χ4n) is 7.97. The Morgan fingerprint density at radius 2 is 1.23 bits per heavy atom. The molecule has 65 heavy (non-hydrogen) atoms. The summed E-state index contributed by atoms with van der Waals surface area (Å²) >= 11 is 0. The number of rotatable bonds is 3. The zero-order chi connectivity index (χ0) is 48.4. The zero-order valence-electron chi connectivity index (χ0n) is 37.6. The molecule has 2 bridgehead atoms. The minimum Gasteiger partial charge on any atom is -0.481 e. The van der Waals surface area contributed by atoms with Gasteiger partial charge in [0.2, 0.25) is 0 Å². The van der Waals surface area contributed by atoms with Crippen LogP contribution in [0.1, 0.15) is 79.1 Å². The Balaban J connectivity index is 1.86. The van der Waals surface area contributed by atoms with E-state index in [1.54, 1.807) is 80.7 Å². The van der Waals surface area contributed by atoms with Crippen LogP contribution in [-0.2, 0) is 28.5 Å². The van der Waals surface area contributed by atoms with Crippen LogP contribution in [0, 0.1) is 17.8 Å². The highest BCUT2D eigenvalue weighted by Crippen LogP contribution is 2.38. The number of aliphatic hydroxyl groups excluding tert-OH is 9. The second kappa shape index (κ2) is 27.4. The molecule has 3 aliphatic heterocycles. The van der Waals surface area contributed by atoms with Crippen molar-refractivity contribution < 1.29 is 84.7 Å². The Kier molecular flexibility index (Phi) is 23.6. The van der Waals surface area contributed by atoms with Crippen molar-refractivity contribution in [2.45, 2.75) is 177 Å². The van der Waals surface area contributed by atoms with E-state index in [1.807, 2.05) is 19.1 Å². The van der Waals surface area contributed by atoms with Crippen molar-refractivity contribution in [2.75, 3.05) is 0 Å². The van der Waals surface area contributed by atoms with E-state index in [2.05, 4.69) is 0 Å². The number of hydrogen-bond donors (Lipinski definition) is 12. The lowest BCUT2D eigenvalue weighted by atomic mass is 9.82. The van der Waals surface area contributed by atoms with Gasteiger partial charge in [-0.25, -0.2) is 0 Å². The van der Waals surface area contributed by atoms with Gasteiger partial charge >= 0.3 is 11.9 Å². The van der Waals surface area contributed by atoms with Crippen molar-refractivity contribution in [1.29, 1.82) is 0 Å². The molecule has 0 aliphatic carbocycles. The summed E-state index contributed by atoms with van der Waals surface area (Å²) < 4.78 is 23.1. The molecular weight excluding hydrogens is 851 g/mol. The molecule has 13 N–H and O–H groups in total. The van der Waals surface area contributed by atoms with Crippen LogP contribution in [0.3, 0.4) is 0 Å². The molecule has 18 nitrogen and oxygen atoms in total. The number of cyclic esters (lactones) is 1. The highest BCUT2D eigenvalue weighted by atomic mass is 16.7. The Morgan fingerprint density at radius 1 is 0.662 bits per heavy atom. The molecule has 2 fully saturated rings. The van der Waals surface area contributed by atoms with Crippen LogP contribution in [0.15, 0.2) is 85.1 Å². The quantitative estimate of drug-likeness (QED) is 0.174. The zero-order valence-corrected chi connectivity index (χ0v) is 37.6. The van der Waals surface area contributed by atoms with Crippen molar-refractivity contribution in [3.05, 3.63) is 85.1 Å². The molecule has 18 heteroatoms. The summed E-state index contributed by atoms with van der Waals surface area (Å²) in [4.78, 5) is 25.1. The van der Waals surface area contributed by atoms with Crippen molar-refractivity contribution in [3.8, 4) is 0 Å². The van der Waals surface area contributed by atoms with Gasteiger partial charge in [-0.1, -0.05) is 98.9 Å². The molecule has 3 aliphatic rings. The van der Waals surface area contributed by atoms with Crippen LogP contribution in [0.5, 0.6) is 0 Å². The predicted octanol–water partition coefficient (Wildman–Crippen LogP) is 0.712. The first kappa shape index (κ1) is 55.9. The first-order valence-corrected chi connectivity index (χ1v) is 22.3. The summed E-state index contributed by atoms with van der Waals surface area (Å²) in [6.07, 6.45) is 3.46. The molecule has 0 radical (unpaired) electrons. The number of hydrogen-bond acceptors (Lipinski definition) is 17. The smallest absolute Gasteiger partial charge is 0.311 e. The van der Waals surface area contributed by atoms with Gasteiger partial charge in [-0.05, 0) is 33.1 Å². The molecule has 0 aromatic rings. The third-order valence-electron chi connectivity index (χ3n) is 12.0. The summed E-state index contributed by atoms with van der Waals surface area (Å²) in [6, 6.07) is -1.15. The maximum absolute atomic E-state index is 12.6. The Morgan fingerprint density at radius 3 is 1.82 bits per heavy atom. The maximum atomic E-state index is 12.6. The number of carbonyl (C=O) groups is 2. The molecule has 0 amide bonds. The number of allylic oxidation sites excluding steroid dienone is 12. The number of aliphatic carboxylic acids is 1. The van der Waals surface area contributed by atoms with Crippen LogP contribution < -0.4 is 5.73 Å². The van der Waals surface area contributed by atoms with Gasteiger partial charge in [0, 0.05) is 37.5 Å². The molecule has 0 aromatic carbocycles. The normalized spacial score (nSPS) is 45.5. The van der Waals surface area contributed by atoms with Gasteiger partial charge in [0.1, 0.15) is 18.1 Å². The van der Waals surface area contributed by atoms with E-state index in [0.29, 0.717) is 0 Å². The lowest BCUT2D eigenvalue weighted by Gasteiger charge is -2.45. The topological polar surface area (TPSA) is 320 Å². The maximum Gasteiger partial charge on any atom is 0.311 e. The van der Waals surface area contributed by atoms with Crippen LogP contribution in [0.2, 0.25) is 0 Å². The van der Waals surface area contributed by atoms with Gasteiger partial charge < -0.3 is 80.9 Å². The number of carboxylic acid groups (broad SMARTS) is 1. The third kappa shape index (κ3) is 18.6. The van der Waals surface area contributed by atoms with Gasteiger partial charge in [0.05, 0.1) is 79.6 Å². The summed E-state index contributed by atoms with van der Waals surface area (Å²) in [7, 11) is 0. The highest BCUT2D eigenvalue weighted by Gasteiger charge is 2.51. The summed E-state index contributed by atoms with van der Waals surface area (Å²) in [5.41, 5.74) is 6.02. The monoisotopic (exact) mass is 923 g/mol.